The second-order valence-corrected chi connectivity index (χ2v) is 6.89. The SMILES string of the molecule is CC(C)(c1ccc(Cl)cc1)c1nnc2c(C3CC3)ccnn12. The van der Waals surface area contributed by atoms with E-state index in [1.807, 2.05) is 35.0 Å². The molecule has 1 aliphatic rings. The lowest BCUT2D eigenvalue weighted by atomic mass is 9.84. The van der Waals surface area contributed by atoms with Gasteiger partial charge in [0.05, 0.1) is 5.41 Å². The summed E-state index contributed by atoms with van der Waals surface area (Å²) < 4.78 is 1.89. The summed E-state index contributed by atoms with van der Waals surface area (Å²) in [5, 5.41) is 14.1. The van der Waals surface area contributed by atoms with Gasteiger partial charge in [0.15, 0.2) is 11.5 Å². The van der Waals surface area contributed by atoms with Crippen LogP contribution >= 0.6 is 11.6 Å². The number of nitrogens with zero attached hydrogens (tertiary/aromatic N) is 4. The summed E-state index contributed by atoms with van der Waals surface area (Å²) >= 11 is 6.00. The van der Waals surface area contributed by atoms with Crippen molar-refractivity contribution in [2.75, 3.05) is 0 Å². The molecule has 5 heteroatoms. The molecule has 1 fully saturated rings. The molecule has 4 nitrogen and oxygen atoms in total. The summed E-state index contributed by atoms with van der Waals surface area (Å²) in [5.74, 6) is 1.48. The van der Waals surface area contributed by atoms with Crippen molar-refractivity contribution in [2.24, 2.45) is 0 Å². The van der Waals surface area contributed by atoms with Crippen LogP contribution < -0.4 is 0 Å². The Bertz CT molecular complexity index is 831. The van der Waals surface area contributed by atoms with Gasteiger partial charge in [-0.25, -0.2) is 0 Å². The highest BCUT2D eigenvalue weighted by Crippen LogP contribution is 2.42. The van der Waals surface area contributed by atoms with Crippen LogP contribution in [0.1, 0.15) is 49.6 Å². The van der Waals surface area contributed by atoms with Crippen LogP contribution in [0.2, 0.25) is 5.02 Å². The second-order valence-electron chi connectivity index (χ2n) is 6.45. The molecular formula is C17H17ClN4. The van der Waals surface area contributed by atoms with Crippen LogP contribution in [0.15, 0.2) is 36.5 Å². The van der Waals surface area contributed by atoms with Crippen LogP contribution in [-0.2, 0) is 5.41 Å². The molecule has 3 aromatic rings. The Hall–Kier alpha value is -1.94. The molecule has 0 unspecified atom stereocenters. The van der Waals surface area contributed by atoms with Gasteiger partial charge in [0.2, 0.25) is 0 Å². The molecule has 0 spiro atoms. The Morgan fingerprint density at radius 2 is 1.82 bits per heavy atom. The molecular weight excluding hydrogens is 296 g/mol. The van der Waals surface area contributed by atoms with Crippen LogP contribution in [0.3, 0.4) is 0 Å². The van der Waals surface area contributed by atoms with E-state index < -0.39 is 0 Å². The summed E-state index contributed by atoms with van der Waals surface area (Å²) in [5.41, 5.74) is 3.01. The Kier molecular flexibility index (Phi) is 2.98. The van der Waals surface area contributed by atoms with E-state index in [4.69, 9.17) is 11.6 Å². The van der Waals surface area contributed by atoms with E-state index in [0.29, 0.717) is 5.92 Å². The maximum atomic E-state index is 6.00. The number of rotatable bonds is 3. The summed E-state index contributed by atoms with van der Waals surface area (Å²) in [6.45, 7) is 4.27. The molecule has 0 aliphatic heterocycles. The highest BCUT2D eigenvalue weighted by molar-refractivity contribution is 6.30. The van der Waals surface area contributed by atoms with Crippen LogP contribution in [-0.4, -0.2) is 19.8 Å². The van der Waals surface area contributed by atoms with E-state index in [0.717, 1.165) is 22.1 Å². The normalized spacial score (nSPS) is 15.4. The minimum atomic E-state index is -0.292. The highest BCUT2D eigenvalue weighted by Gasteiger charge is 2.32. The van der Waals surface area contributed by atoms with Crippen molar-refractivity contribution in [3.05, 3.63) is 58.5 Å². The van der Waals surface area contributed by atoms with Gasteiger partial charge in [0.25, 0.3) is 0 Å². The number of fused-ring (bicyclic) bond motifs is 1. The van der Waals surface area contributed by atoms with Crippen molar-refractivity contribution in [2.45, 2.75) is 38.0 Å². The lowest BCUT2D eigenvalue weighted by molar-refractivity contribution is 0.567. The van der Waals surface area contributed by atoms with Crippen molar-refractivity contribution in [1.82, 2.24) is 19.8 Å². The summed E-state index contributed by atoms with van der Waals surface area (Å²) in [7, 11) is 0. The van der Waals surface area contributed by atoms with Crippen LogP contribution in [0.5, 0.6) is 0 Å². The number of halogens is 1. The quantitative estimate of drug-likeness (QED) is 0.734. The molecule has 0 N–H and O–H groups in total. The van der Waals surface area contributed by atoms with E-state index in [1.165, 1.54) is 18.4 Å². The van der Waals surface area contributed by atoms with Gasteiger partial charge in [0, 0.05) is 16.8 Å². The van der Waals surface area contributed by atoms with Gasteiger partial charge in [0.1, 0.15) is 0 Å². The van der Waals surface area contributed by atoms with Crippen molar-refractivity contribution in [3.63, 3.8) is 0 Å². The summed E-state index contributed by atoms with van der Waals surface area (Å²) in [6, 6.07) is 9.96. The Balaban J connectivity index is 1.86. The molecule has 0 radical (unpaired) electrons. The molecule has 22 heavy (non-hydrogen) atoms. The first-order chi connectivity index (χ1) is 10.6. The smallest absolute Gasteiger partial charge is 0.181 e. The van der Waals surface area contributed by atoms with Crippen molar-refractivity contribution in [1.29, 1.82) is 0 Å². The maximum Gasteiger partial charge on any atom is 0.181 e. The minimum absolute atomic E-state index is 0.292. The zero-order valence-corrected chi connectivity index (χ0v) is 13.4. The van der Waals surface area contributed by atoms with Crippen molar-refractivity contribution < 1.29 is 0 Å². The zero-order chi connectivity index (χ0) is 15.3. The molecule has 112 valence electrons. The van der Waals surface area contributed by atoms with Crippen LogP contribution in [0.4, 0.5) is 0 Å². The standard InChI is InChI=1S/C17H17ClN4/c1-17(2,12-5-7-13(18)8-6-12)16-21-20-15-14(11-3-4-11)9-10-19-22(15)16/h5-11H,3-4H2,1-2H3. The van der Waals surface area contributed by atoms with Crippen LogP contribution in [0, 0.1) is 0 Å². The first kappa shape index (κ1) is 13.7. The van der Waals surface area contributed by atoms with E-state index in [-0.39, 0.29) is 5.41 Å². The number of aromatic nitrogens is 4. The monoisotopic (exact) mass is 312 g/mol. The lowest BCUT2D eigenvalue weighted by Crippen LogP contribution is -2.23. The van der Waals surface area contributed by atoms with Gasteiger partial charge >= 0.3 is 0 Å². The van der Waals surface area contributed by atoms with Gasteiger partial charge in [-0.2, -0.15) is 9.61 Å². The second kappa shape index (κ2) is 4.78. The zero-order valence-electron chi connectivity index (χ0n) is 12.6. The highest BCUT2D eigenvalue weighted by atomic mass is 35.5. The third-order valence-corrected chi connectivity index (χ3v) is 4.73. The molecule has 1 saturated carbocycles. The molecule has 2 aromatic heterocycles. The summed E-state index contributed by atoms with van der Waals surface area (Å²) in [4.78, 5) is 0. The average molecular weight is 313 g/mol. The molecule has 2 heterocycles. The maximum absolute atomic E-state index is 6.00. The lowest BCUT2D eigenvalue weighted by Gasteiger charge is -2.23. The number of hydrogen-bond donors (Lipinski definition) is 0. The topological polar surface area (TPSA) is 43.1 Å². The van der Waals surface area contributed by atoms with Gasteiger partial charge in [-0.3, -0.25) is 0 Å². The molecule has 4 rings (SSSR count). The Morgan fingerprint density at radius 1 is 1.09 bits per heavy atom. The average Bonchev–Trinajstić information content (AvgIpc) is 3.25. The fourth-order valence-electron chi connectivity index (χ4n) is 2.92. The number of hydrogen-bond acceptors (Lipinski definition) is 3. The van der Waals surface area contributed by atoms with Gasteiger partial charge in [-0.15, -0.1) is 10.2 Å². The number of benzene rings is 1. The van der Waals surface area contributed by atoms with Gasteiger partial charge in [-0.1, -0.05) is 23.7 Å². The molecule has 1 aliphatic carbocycles. The first-order valence-corrected chi connectivity index (χ1v) is 7.92. The van der Waals surface area contributed by atoms with Gasteiger partial charge < -0.3 is 0 Å². The predicted molar refractivity (Wildman–Crippen MR) is 86.3 cm³/mol. The minimum Gasteiger partial charge on any atom is -0.196 e. The molecule has 0 amide bonds. The fourth-order valence-corrected chi connectivity index (χ4v) is 3.05. The molecule has 0 saturated heterocycles. The molecule has 0 atom stereocenters. The summed E-state index contributed by atoms with van der Waals surface area (Å²) in [6.07, 6.45) is 4.33. The van der Waals surface area contributed by atoms with Crippen molar-refractivity contribution in [3.8, 4) is 0 Å². The molecule has 0 bridgehead atoms. The van der Waals surface area contributed by atoms with Crippen molar-refractivity contribution >= 4 is 17.2 Å². The van der Waals surface area contributed by atoms with Crippen LogP contribution in [0.25, 0.3) is 5.65 Å². The van der Waals surface area contributed by atoms with Gasteiger partial charge in [-0.05, 0) is 56.4 Å². The third-order valence-electron chi connectivity index (χ3n) is 4.48. The first-order valence-electron chi connectivity index (χ1n) is 7.54. The third kappa shape index (κ3) is 2.10. The largest absolute Gasteiger partial charge is 0.196 e. The molecule has 1 aromatic carbocycles. The Morgan fingerprint density at radius 3 is 2.50 bits per heavy atom. The van der Waals surface area contributed by atoms with E-state index in [1.54, 1.807) is 0 Å². The predicted octanol–water partition coefficient (Wildman–Crippen LogP) is 3.98. The van der Waals surface area contributed by atoms with E-state index >= 15 is 0 Å². The van der Waals surface area contributed by atoms with E-state index in [9.17, 15) is 0 Å². The van der Waals surface area contributed by atoms with E-state index in [2.05, 4.69) is 35.2 Å². The fraction of sp³-hybridized carbons (Fsp3) is 0.353. The Labute approximate surface area is 134 Å².